The Kier molecular flexibility index (Phi) is 8.43. The zero-order chi connectivity index (χ0) is 26.5. The second-order valence-corrected chi connectivity index (χ2v) is 9.10. The normalized spacial score (nSPS) is 18.6. The summed E-state index contributed by atoms with van der Waals surface area (Å²) >= 11 is 0. The van der Waals surface area contributed by atoms with E-state index < -0.39 is 63.9 Å². The molecule has 13 nitrogen and oxygen atoms in total. The molecule has 0 saturated carbocycles. The number of carbonyl (C=O) groups excluding carboxylic acids is 4. The predicted molar refractivity (Wildman–Crippen MR) is 120 cm³/mol. The summed E-state index contributed by atoms with van der Waals surface area (Å²) in [6.45, 7) is 7.76. The molecule has 188 valence electrons. The van der Waals surface area contributed by atoms with Gasteiger partial charge in [-0.25, -0.2) is 9.59 Å². The van der Waals surface area contributed by atoms with Gasteiger partial charge in [0.15, 0.2) is 0 Å². The van der Waals surface area contributed by atoms with Crippen molar-refractivity contribution < 1.29 is 38.4 Å². The number of β-lactam (4-membered cyclic amide) rings is 1. The van der Waals surface area contributed by atoms with Crippen molar-refractivity contribution in [3.05, 3.63) is 45.5 Å². The summed E-state index contributed by atoms with van der Waals surface area (Å²) in [7, 11) is 0. The van der Waals surface area contributed by atoms with Crippen molar-refractivity contribution in [2.24, 2.45) is 11.8 Å². The summed E-state index contributed by atoms with van der Waals surface area (Å²) in [6.07, 6.45) is -0.727. The molecule has 1 aromatic carbocycles. The third kappa shape index (κ3) is 6.93. The molecule has 4 atom stereocenters. The fourth-order valence-electron chi connectivity index (χ4n) is 3.47. The van der Waals surface area contributed by atoms with Crippen LogP contribution in [0.1, 0.15) is 40.2 Å². The van der Waals surface area contributed by atoms with Crippen LogP contribution in [0, 0.1) is 22.0 Å². The zero-order valence-corrected chi connectivity index (χ0v) is 19.9. The van der Waals surface area contributed by atoms with E-state index in [1.807, 2.05) is 0 Å². The molecular weight excluding hydrogens is 462 g/mol. The van der Waals surface area contributed by atoms with Gasteiger partial charge in [-0.05, 0) is 45.4 Å². The molecule has 0 aromatic heterocycles. The van der Waals surface area contributed by atoms with Gasteiger partial charge in [-0.15, -0.1) is 0 Å². The van der Waals surface area contributed by atoms with Crippen LogP contribution in [0.25, 0.3) is 5.53 Å². The van der Waals surface area contributed by atoms with Crippen LogP contribution in [0.3, 0.4) is 0 Å². The van der Waals surface area contributed by atoms with Gasteiger partial charge in [0.25, 0.3) is 11.5 Å². The zero-order valence-electron chi connectivity index (χ0n) is 19.9. The number of non-ortho nitro benzene ring substituents is 1. The van der Waals surface area contributed by atoms with Crippen molar-refractivity contribution in [2.75, 3.05) is 0 Å². The fourth-order valence-corrected chi connectivity index (χ4v) is 3.47. The van der Waals surface area contributed by atoms with Gasteiger partial charge >= 0.3 is 17.8 Å². The Morgan fingerprint density at radius 1 is 1.23 bits per heavy atom. The van der Waals surface area contributed by atoms with Crippen LogP contribution in [0.5, 0.6) is 0 Å². The Hall–Kier alpha value is -4.12. The molecule has 1 aliphatic rings. The number of alkyl carbamates (subject to hydrolysis) is 1. The predicted octanol–water partition coefficient (Wildman–Crippen LogP) is 1.54. The van der Waals surface area contributed by atoms with Crippen LogP contribution < -0.4 is 10.6 Å². The number of hydrogen-bond donors (Lipinski definition) is 2. The van der Waals surface area contributed by atoms with Crippen LogP contribution in [0.15, 0.2) is 24.3 Å². The van der Waals surface area contributed by atoms with E-state index in [0.717, 1.165) is 0 Å². The molecule has 13 heteroatoms. The molecule has 0 bridgehead atoms. The maximum atomic E-state index is 12.8. The first-order valence-electron chi connectivity index (χ1n) is 10.7. The fraction of sp³-hybridized carbons (Fsp3) is 0.500. The topological polar surface area (TPSA) is 190 Å². The second-order valence-electron chi connectivity index (χ2n) is 9.10. The highest BCUT2D eigenvalue weighted by Crippen LogP contribution is 2.27. The number of hydrogen-bond acceptors (Lipinski definition) is 8. The molecule has 1 aromatic rings. The number of ketones is 1. The standard InChI is InChI=1S/C22H27N5O8/c1-11(16-15(19(29)25-16)12(2)24-21(31)35-22(3,4)5)18(28)17(26-23)20(30)34-10-13-6-8-14(9-7-13)27(32)33/h6-9,11-12,15-16H,10H2,1-5H3,(H,24,31)(H,25,29)/t11?,12-,15-,16-/m1/s1. The first-order valence-corrected chi connectivity index (χ1v) is 10.7. The molecule has 0 spiro atoms. The molecule has 1 saturated heterocycles. The average Bonchev–Trinajstić information content (AvgIpc) is 2.74. The lowest BCUT2D eigenvalue weighted by molar-refractivity contribution is -0.384. The Bertz CT molecular complexity index is 1070. The van der Waals surface area contributed by atoms with Crippen molar-refractivity contribution in [1.82, 2.24) is 10.6 Å². The second kappa shape index (κ2) is 10.9. The van der Waals surface area contributed by atoms with Gasteiger partial charge in [0.05, 0.1) is 16.9 Å². The van der Waals surface area contributed by atoms with Gasteiger partial charge < -0.3 is 25.6 Å². The Labute approximate surface area is 200 Å². The molecule has 2 rings (SSSR count). The molecule has 0 radical (unpaired) electrons. The van der Waals surface area contributed by atoms with E-state index in [-0.39, 0.29) is 12.3 Å². The van der Waals surface area contributed by atoms with Gasteiger partial charge in [-0.1, -0.05) is 6.92 Å². The van der Waals surface area contributed by atoms with Gasteiger partial charge in [-0.2, -0.15) is 4.79 Å². The van der Waals surface area contributed by atoms with Crippen LogP contribution in [0.4, 0.5) is 10.5 Å². The monoisotopic (exact) mass is 489 g/mol. The summed E-state index contributed by atoms with van der Waals surface area (Å²) in [4.78, 5) is 62.3. The molecular formula is C22H27N5O8. The van der Waals surface area contributed by atoms with Gasteiger partial charge in [-0.3, -0.25) is 19.7 Å². The van der Waals surface area contributed by atoms with Crippen LogP contribution in [-0.4, -0.2) is 56.9 Å². The molecule has 2 amide bonds. The number of nitro benzene ring substituents is 1. The van der Waals surface area contributed by atoms with Crippen molar-refractivity contribution in [3.8, 4) is 0 Å². The van der Waals surface area contributed by atoms with Crippen LogP contribution in [0.2, 0.25) is 0 Å². The Morgan fingerprint density at radius 2 is 1.83 bits per heavy atom. The molecule has 1 fully saturated rings. The number of nitro groups is 1. The molecule has 1 unspecified atom stereocenters. The highest BCUT2D eigenvalue weighted by Gasteiger charge is 2.51. The maximum absolute atomic E-state index is 12.8. The van der Waals surface area contributed by atoms with E-state index in [4.69, 9.17) is 9.47 Å². The highest BCUT2D eigenvalue weighted by atomic mass is 16.6. The van der Waals surface area contributed by atoms with Gasteiger partial charge in [0.1, 0.15) is 12.2 Å². The molecule has 1 aliphatic heterocycles. The van der Waals surface area contributed by atoms with Crippen LogP contribution >= 0.6 is 0 Å². The minimum Gasteiger partial charge on any atom is -0.452 e. The van der Waals surface area contributed by atoms with E-state index >= 15 is 0 Å². The smallest absolute Gasteiger partial charge is 0.441 e. The maximum Gasteiger partial charge on any atom is 0.441 e. The number of carbonyl (C=O) groups is 4. The molecule has 0 aliphatic carbocycles. The average molecular weight is 489 g/mol. The first-order chi connectivity index (χ1) is 16.2. The van der Waals surface area contributed by atoms with Gasteiger partial charge in [0, 0.05) is 24.1 Å². The minimum atomic E-state index is -1.20. The lowest BCUT2D eigenvalue weighted by Gasteiger charge is -2.42. The van der Waals surface area contributed by atoms with E-state index in [1.54, 1.807) is 27.7 Å². The number of nitrogens with zero attached hydrogens (tertiary/aromatic N) is 3. The highest BCUT2D eigenvalue weighted by molar-refractivity contribution is 6.62. The lowest BCUT2D eigenvalue weighted by atomic mass is 9.75. The Morgan fingerprint density at radius 3 is 2.31 bits per heavy atom. The molecule has 1 heterocycles. The third-order valence-corrected chi connectivity index (χ3v) is 5.28. The quantitative estimate of drug-likeness (QED) is 0.0762. The summed E-state index contributed by atoms with van der Waals surface area (Å²) in [5.41, 5.74) is 7.93. The van der Waals surface area contributed by atoms with E-state index in [0.29, 0.717) is 5.56 Å². The van der Waals surface area contributed by atoms with E-state index in [9.17, 15) is 34.8 Å². The first kappa shape index (κ1) is 27.1. The molecule has 2 N–H and O–H groups in total. The van der Waals surface area contributed by atoms with Crippen molar-refractivity contribution in [2.45, 2.75) is 58.9 Å². The van der Waals surface area contributed by atoms with Crippen LogP contribution in [-0.2, 0) is 30.5 Å². The number of Topliss-reactive ketones (excluding diaryl/α,β-unsaturated/α-hetero) is 1. The summed E-state index contributed by atoms with van der Waals surface area (Å²) in [5.74, 6) is -4.26. The summed E-state index contributed by atoms with van der Waals surface area (Å²) < 4.78 is 10.2. The number of esters is 1. The van der Waals surface area contributed by atoms with E-state index in [2.05, 4.69) is 15.4 Å². The Balaban J connectivity index is 2.01. The summed E-state index contributed by atoms with van der Waals surface area (Å²) in [6, 6.07) is 3.76. The van der Waals surface area contributed by atoms with Crippen molar-refractivity contribution >= 4 is 35.2 Å². The van der Waals surface area contributed by atoms with Gasteiger partial charge in [0.2, 0.25) is 5.91 Å². The number of benzene rings is 1. The molecule has 35 heavy (non-hydrogen) atoms. The third-order valence-electron chi connectivity index (χ3n) is 5.28. The SMILES string of the molecule is CC(C(=O)C(=[N+]=[N-])C(=O)OCc1ccc([N+](=O)[O-])cc1)[C@H]1NC(=O)[C@@H]1[C@@H](C)NC(=O)OC(C)(C)C. The lowest BCUT2D eigenvalue weighted by Crippen LogP contribution is -2.68. The number of ether oxygens (including phenoxy) is 2. The van der Waals surface area contributed by atoms with Crippen molar-refractivity contribution in [1.29, 1.82) is 0 Å². The number of nitrogens with one attached hydrogen (secondary N) is 2. The number of rotatable bonds is 9. The minimum absolute atomic E-state index is 0.144. The number of amides is 2. The largest absolute Gasteiger partial charge is 0.452 e. The van der Waals surface area contributed by atoms with E-state index in [1.165, 1.54) is 31.2 Å². The van der Waals surface area contributed by atoms with Crippen molar-refractivity contribution in [3.63, 3.8) is 0 Å². The summed E-state index contributed by atoms with van der Waals surface area (Å²) in [5, 5.41) is 15.8.